The van der Waals surface area contributed by atoms with Crippen LogP contribution in [0.1, 0.15) is 5.56 Å². The monoisotopic (exact) mass is 341 g/mol. The average molecular weight is 342 g/mol. The topological polar surface area (TPSA) is 56.3 Å². The van der Waals surface area contributed by atoms with E-state index in [9.17, 15) is 8.42 Å². The molecular formula is C13H12BrNO3S. The predicted octanol–water partition coefficient (Wildman–Crippen LogP) is 2.83. The Balaban J connectivity index is 2.38. The molecule has 0 unspecified atom stereocenters. The molecule has 0 saturated carbocycles. The standard InChI is InChI=1S/C13H12BrNO3S/c1-18-12-6-5-11(14)8-10(12)9-19(16,17)13-4-2-3-7-15-13/h2-8H,9H2,1H3. The molecule has 0 radical (unpaired) electrons. The Bertz CT molecular complexity index is 672. The number of benzene rings is 1. The van der Waals surface area contributed by atoms with E-state index in [4.69, 9.17) is 4.74 Å². The molecule has 0 saturated heterocycles. The molecule has 2 aromatic rings. The second kappa shape index (κ2) is 5.71. The highest BCUT2D eigenvalue weighted by Crippen LogP contribution is 2.26. The molecule has 0 aliphatic carbocycles. The minimum Gasteiger partial charge on any atom is -0.496 e. The van der Waals surface area contributed by atoms with Gasteiger partial charge in [0, 0.05) is 16.2 Å². The van der Waals surface area contributed by atoms with E-state index in [1.165, 1.54) is 19.4 Å². The van der Waals surface area contributed by atoms with Gasteiger partial charge in [0.15, 0.2) is 14.9 Å². The Hall–Kier alpha value is -1.40. The van der Waals surface area contributed by atoms with Crippen LogP contribution < -0.4 is 4.74 Å². The lowest BCUT2D eigenvalue weighted by Crippen LogP contribution is -2.07. The van der Waals surface area contributed by atoms with Crippen LogP contribution in [0.4, 0.5) is 0 Å². The Morgan fingerprint density at radius 2 is 2.05 bits per heavy atom. The van der Waals surface area contributed by atoms with Crippen LogP contribution in [0.2, 0.25) is 0 Å². The highest BCUT2D eigenvalue weighted by molar-refractivity contribution is 9.10. The Morgan fingerprint density at radius 3 is 2.68 bits per heavy atom. The van der Waals surface area contributed by atoms with Crippen molar-refractivity contribution in [3.63, 3.8) is 0 Å². The zero-order valence-corrected chi connectivity index (χ0v) is 12.6. The fraction of sp³-hybridized carbons (Fsp3) is 0.154. The number of aromatic nitrogens is 1. The number of halogens is 1. The average Bonchev–Trinajstić information content (AvgIpc) is 2.39. The van der Waals surface area contributed by atoms with Gasteiger partial charge < -0.3 is 4.74 Å². The number of sulfone groups is 1. The van der Waals surface area contributed by atoms with Crippen molar-refractivity contribution in [1.29, 1.82) is 0 Å². The highest BCUT2D eigenvalue weighted by atomic mass is 79.9. The molecule has 0 aliphatic rings. The quantitative estimate of drug-likeness (QED) is 0.857. The molecule has 2 rings (SSSR count). The Labute approximate surface area is 120 Å². The van der Waals surface area contributed by atoms with Crippen LogP contribution in [0.5, 0.6) is 5.75 Å². The molecule has 0 fully saturated rings. The SMILES string of the molecule is COc1ccc(Br)cc1CS(=O)(=O)c1ccccn1. The second-order valence-electron chi connectivity index (χ2n) is 3.88. The number of rotatable bonds is 4. The van der Waals surface area contributed by atoms with E-state index >= 15 is 0 Å². The first-order chi connectivity index (χ1) is 9.03. The first-order valence-corrected chi connectivity index (χ1v) is 7.93. The molecule has 0 N–H and O–H groups in total. The summed E-state index contributed by atoms with van der Waals surface area (Å²) < 4.78 is 30.5. The van der Waals surface area contributed by atoms with Crippen LogP contribution in [-0.4, -0.2) is 20.5 Å². The molecule has 19 heavy (non-hydrogen) atoms. The lowest BCUT2D eigenvalue weighted by molar-refractivity contribution is 0.411. The van der Waals surface area contributed by atoms with Gasteiger partial charge in [-0.3, -0.25) is 0 Å². The largest absolute Gasteiger partial charge is 0.496 e. The molecule has 0 bridgehead atoms. The van der Waals surface area contributed by atoms with Crippen molar-refractivity contribution in [3.8, 4) is 5.75 Å². The van der Waals surface area contributed by atoms with Crippen molar-refractivity contribution in [2.24, 2.45) is 0 Å². The molecule has 1 aromatic heterocycles. The number of nitrogens with zero attached hydrogens (tertiary/aromatic N) is 1. The maximum absolute atomic E-state index is 12.2. The number of hydrogen-bond acceptors (Lipinski definition) is 4. The molecule has 0 atom stereocenters. The molecule has 4 nitrogen and oxygen atoms in total. The molecular weight excluding hydrogens is 330 g/mol. The first kappa shape index (κ1) is 14.0. The van der Waals surface area contributed by atoms with Crippen molar-refractivity contribution in [2.75, 3.05) is 7.11 Å². The van der Waals surface area contributed by atoms with Gasteiger partial charge in [-0.05, 0) is 30.3 Å². The van der Waals surface area contributed by atoms with E-state index in [2.05, 4.69) is 20.9 Å². The van der Waals surface area contributed by atoms with E-state index in [-0.39, 0.29) is 10.8 Å². The highest BCUT2D eigenvalue weighted by Gasteiger charge is 2.19. The van der Waals surface area contributed by atoms with E-state index < -0.39 is 9.84 Å². The summed E-state index contributed by atoms with van der Waals surface area (Å²) in [5, 5.41) is 0.0667. The van der Waals surface area contributed by atoms with Gasteiger partial charge in [-0.25, -0.2) is 13.4 Å². The van der Waals surface area contributed by atoms with Gasteiger partial charge in [0.1, 0.15) is 5.75 Å². The number of methoxy groups -OCH3 is 1. The third kappa shape index (κ3) is 3.33. The summed E-state index contributed by atoms with van der Waals surface area (Å²) in [6, 6.07) is 10.1. The summed E-state index contributed by atoms with van der Waals surface area (Å²) in [7, 11) is -1.96. The molecule has 1 aromatic carbocycles. The maximum atomic E-state index is 12.2. The van der Waals surface area contributed by atoms with E-state index in [0.717, 1.165) is 4.47 Å². The minimum absolute atomic E-state index is 0.0667. The summed E-state index contributed by atoms with van der Waals surface area (Å²) >= 11 is 3.32. The maximum Gasteiger partial charge on any atom is 0.199 e. The first-order valence-electron chi connectivity index (χ1n) is 5.49. The predicted molar refractivity (Wildman–Crippen MR) is 75.8 cm³/mol. The van der Waals surface area contributed by atoms with E-state index in [0.29, 0.717) is 11.3 Å². The molecule has 100 valence electrons. The summed E-state index contributed by atoms with van der Waals surface area (Å²) in [6.07, 6.45) is 1.46. The minimum atomic E-state index is -3.47. The summed E-state index contributed by atoms with van der Waals surface area (Å²) in [5.74, 6) is 0.398. The molecule has 0 spiro atoms. The number of ether oxygens (including phenoxy) is 1. The van der Waals surface area contributed by atoms with E-state index in [1.54, 1.807) is 30.3 Å². The Morgan fingerprint density at radius 1 is 1.26 bits per heavy atom. The molecule has 0 amide bonds. The summed E-state index contributed by atoms with van der Waals surface area (Å²) in [5.41, 5.74) is 0.600. The van der Waals surface area contributed by atoms with Crippen molar-refractivity contribution < 1.29 is 13.2 Å². The van der Waals surface area contributed by atoms with Crippen LogP contribution in [0.25, 0.3) is 0 Å². The zero-order chi connectivity index (χ0) is 13.9. The van der Waals surface area contributed by atoms with Crippen LogP contribution in [0.3, 0.4) is 0 Å². The lowest BCUT2D eigenvalue weighted by Gasteiger charge is -2.09. The van der Waals surface area contributed by atoms with Crippen molar-refractivity contribution in [1.82, 2.24) is 4.98 Å². The fourth-order valence-electron chi connectivity index (χ4n) is 1.67. The van der Waals surface area contributed by atoms with Gasteiger partial charge in [-0.1, -0.05) is 22.0 Å². The van der Waals surface area contributed by atoms with Gasteiger partial charge >= 0.3 is 0 Å². The van der Waals surface area contributed by atoms with Gasteiger partial charge in [-0.15, -0.1) is 0 Å². The van der Waals surface area contributed by atoms with E-state index in [1.807, 2.05) is 0 Å². The third-order valence-corrected chi connectivity index (χ3v) is 4.61. The van der Waals surface area contributed by atoms with Gasteiger partial charge in [0.2, 0.25) is 0 Å². The lowest BCUT2D eigenvalue weighted by atomic mass is 10.2. The van der Waals surface area contributed by atoms with Crippen LogP contribution in [0, 0.1) is 0 Å². The van der Waals surface area contributed by atoms with Crippen molar-refractivity contribution >= 4 is 25.8 Å². The summed E-state index contributed by atoms with van der Waals surface area (Å²) in [6.45, 7) is 0. The molecule has 0 aliphatic heterocycles. The number of pyridine rings is 1. The van der Waals surface area contributed by atoms with Crippen LogP contribution >= 0.6 is 15.9 Å². The Kier molecular flexibility index (Phi) is 4.21. The van der Waals surface area contributed by atoms with Crippen molar-refractivity contribution in [2.45, 2.75) is 10.8 Å². The van der Waals surface area contributed by atoms with Crippen LogP contribution in [0.15, 0.2) is 52.1 Å². The normalized spacial score (nSPS) is 11.3. The third-order valence-electron chi connectivity index (χ3n) is 2.54. The van der Waals surface area contributed by atoms with Gasteiger partial charge in [0.05, 0.1) is 12.9 Å². The van der Waals surface area contributed by atoms with Gasteiger partial charge in [-0.2, -0.15) is 0 Å². The summed E-state index contributed by atoms with van der Waals surface area (Å²) in [4.78, 5) is 3.88. The number of hydrogen-bond donors (Lipinski definition) is 0. The smallest absolute Gasteiger partial charge is 0.199 e. The molecule has 1 heterocycles. The fourth-order valence-corrected chi connectivity index (χ4v) is 3.37. The molecule has 6 heteroatoms. The second-order valence-corrected chi connectivity index (χ2v) is 6.74. The van der Waals surface area contributed by atoms with Crippen LogP contribution in [-0.2, 0) is 15.6 Å². The zero-order valence-electron chi connectivity index (χ0n) is 10.2. The van der Waals surface area contributed by atoms with Crippen molar-refractivity contribution in [3.05, 3.63) is 52.6 Å². The van der Waals surface area contributed by atoms with Gasteiger partial charge in [0.25, 0.3) is 0 Å².